The smallest absolute Gasteiger partial charge is 0.222 e. The zero-order valence-electron chi connectivity index (χ0n) is 9.45. The lowest BCUT2D eigenvalue weighted by molar-refractivity contribution is -0.123. The zero-order valence-corrected chi connectivity index (χ0v) is 10.2. The Morgan fingerprint density at radius 1 is 1.41 bits per heavy atom. The van der Waals surface area contributed by atoms with E-state index in [4.69, 9.17) is 17.3 Å². The molecule has 3 rings (SSSR count). The van der Waals surface area contributed by atoms with Crippen LogP contribution in [0.15, 0.2) is 18.2 Å². The summed E-state index contributed by atoms with van der Waals surface area (Å²) in [5.74, 6) is 0.140. The molecule has 1 aromatic rings. The van der Waals surface area contributed by atoms with Gasteiger partial charge in [-0.15, -0.1) is 0 Å². The molecule has 1 saturated carbocycles. The molecule has 1 amide bonds. The standard InChI is InChI=1S/C13H15ClN2O/c14-7-4-5-11-10(6-7)8-2-1-3-9(13(15)17)12(8)16-11/h4-6,8-9,12,16H,1-3H2,(H2,15,17)/t8-,9-,12+/m1/s1. The van der Waals surface area contributed by atoms with Gasteiger partial charge in [0.15, 0.2) is 0 Å². The summed E-state index contributed by atoms with van der Waals surface area (Å²) in [6, 6.07) is 6.05. The van der Waals surface area contributed by atoms with E-state index in [0.29, 0.717) is 5.92 Å². The van der Waals surface area contributed by atoms with Crippen molar-refractivity contribution in [2.75, 3.05) is 5.32 Å². The van der Waals surface area contributed by atoms with Gasteiger partial charge in [-0.3, -0.25) is 4.79 Å². The fraction of sp³-hybridized carbons (Fsp3) is 0.462. The van der Waals surface area contributed by atoms with Crippen LogP contribution in [0.3, 0.4) is 0 Å². The fourth-order valence-electron chi connectivity index (χ4n) is 3.22. The Bertz CT molecular complexity index is 474. The summed E-state index contributed by atoms with van der Waals surface area (Å²) in [4.78, 5) is 11.5. The fourth-order valence-corrected chi connectivity index (χ4v) is 3.40. The first-order valence-electron chi connectivity index (χ1n) is 6.02. The third-order valence-electron chi connectivity index (χ3n) is 4.00. The van der Waals surface area contributed by atoms with E-state index in [-0.39, 0.29) is 17.9 Å². The van der Waals surface area contributed by atoms with Crippen molar-refractivity contribution >= 4 is 23.2 Å². The quantitative estimate of drug-likeness (QED) is 0.805. The lowest BCUT2D eigenvalue weighted by Crippen LogP contribution is -2.41. The van der Waals surface area contributed by atoms with Gasteiger partial charge in [-0.1, -0.05) is 18.0 Å². The average Bonchev–Trinajstić information content (AvgIpc) is 2.66. The third kappa shape index (κ3) is 1.69. The number of carbonyl (C=O) groups is 1. The topological polar surface area (TPSA) is 55.1 Å². The maximum Gasteiger partial charge on any atom is 0.222 e. The number of hydrogen-bond donors (Lipinski definition) is 2. The Kier molecular flexibility index (Phi) is 2.51. The van der Waals surface area contributed by atoms with Gasteiger partial charge < -0.3 is 11.1 Å². The van der Waals surface area contributed by atoms with E-state index < -0.39 is 0 Å². The molecule has 0 radical (unpaired) electrons. The third-order valence-corrected chi connectivity index (χ3v) is 4.23. The van der Waals surface area contributed by atoms with Gasteiger partial charge in [-0.2, -0.15) is 0 Å². The van der Waals surface area contributed by atoms with Crippen LogP contribution < -0.4 is 11.1 Å². The van der Waals surface area contributed by atoms with Crippen LogP contribution in [0.4, 0.5) is 5.69 Å². The number of hydrogen-bond acceptors (Lipinski definition) is 2. The molecule has 1 fully saturated rings. The van der Waals surface area contributed by atoms with Crippen LogP contribution in [0, 0.1) is 5.92 Å². The highest BCUT2D eigenvalue weighted by Gasteiger charge is 2.42. The Morgan fingerprint density at radius 2 is 2.24 bits per heavy atom. The van der Waals surface area contributed by atoms with E-state index in [1.54, 1.807) is 0 Å². The minimum atomic E-state index is -0.189. The first-order valence-corrected chi connectivity index (χ1v) is 6.40. The van der Waals surface area contributed by atoms with Crippen LogP contribution in [0.5, 0.6) is 0 Å². The van der Waals surface area contributed by atoms with E-state index in [0.717, 1.165) is 30.0 Å². The number of nitrogens with one attached hydrogen (secondary N) is 1. The Balaban J connectivity index is 1.98. The largest absolute Gasteiger partial charge is 0.381 e. The van der Waals surface area contributed by atoms with E-state index in [1.165, 1.54) is 5.56 Å². The van der Waals surface area contributed by atoms with Crippen molar-refractivity contribution in [3.05, 3.63) is 28.8 Å². The maximum absolute atomic E-state index is 11.5. The number of halogens is 1. The summed E-state index contributed by atoms with van der Waals surface area (Å²) >= 11 is 6.03. The van der Waals surface area contributed by atoms with Crippen molar-refractivity contribution in [2.24, 2.45) is 11.7 Å². The molecule has 17 heavy (non-hydrogen) atoms. The second kappa shape index (κ2) is 3.91. The number of benzene rings is 1. The van der Waals surface area contributed by atoms with Crippen LogP contribution in [0.2, 0.25) is 5.02 Å². The lowest BCUT2D eigenvalue weighted by atomic mass is 9.76. The molecule has 0 aromatic heterocycles. The molecule has 1 aliphatic heterocycles. The van der Waals surface area contributed by atoms with Crippen molar-refractivity contribution in [1.82, 2.24) is 0 Å². The van der Waals surface area contributed by atoms with Crippen molar-refractivity contribution in [3.63, 3.8) is 0 Å². The number of anilines is 1. The number of fused-ring (bicyclic) bond motifs is 3. The molecular weight excluding hydrogens is 236 g/mol. The molecule has 0 spiro atoms. The normalized spacial score (nSPS) is 30.3. The highest BCUT2D eigenvalue weighted by atomic mass is 35.5. The molecule has 1 aromatic carbocycles. The van der Waals surface area contributed by atoms with Crippen LogP contribution in [0.25, 0.3) is 0 Å². The molecular formula is C13H15ClN2O. The Labute approximate surface area is 105 Å². The minimum absolute atomic E-state index is 0.0556. The molecule has 3 N–H and O–H groups in total. The average molecular weight is 251 g/mol. The predicted molar refractivity (Wildman–Crippen MR) is 68.1 cm³/mol. The van der Waals surface area contributed by atoms with Gasteiger partial charge in [0.1, 0.15) is 0 Å². The van der Waals surface area contributed by atoms with Gasteiger partial charge in [-0.25, -0.2) is 0 Å². The molecule has 0 bridgehead atoms. The van der Waals surface area contributed by atoms with Crippen LogP contribution in [-0.2, 0) is 4.79 Å². The predicted octanol–water partition coefficient (Wildman–Crippen LogP) is 2.50. The van der Waals surface area contributed by atoms with Crippen LogP contribution >= 0.6 is 11.6 Å². The van der Waals surface area contributed by atoms with Crippen molar-refractivity contribution in [1.29, 1.82) is 0 Å². The molecule has 3 atom stereocenters. The van der Waals surface area contributed by atoms with Crippen LogP contribution in [0.1, 0.15) is 30.7 Å². The summed E-state index contributed by atoms with van der Waals surface area (Å²) in [6.45, 7) is 0. The van der Waals surface area contributed by atoms with Gasteiger partial charge >= 0.3 is 0 Å². The van der Waals surface area contributed by atoms with Gasteiger partial charge in [-0.05, 0) is 36.6 Å². The van der Waals surface area contributed by atoms with E-state index in [1.807, 2.05) is 18.2 Å². The molecule has 1 heterocycles. The van der Waals surface area contributed by atoms with E-state index >= 15 is 0 Å². The van der Waals surface area contributed by atoms with Gasteiger partial charge in [0, 0.05) is 22.7 Å². The zero-order chi connectivity index (χ0) is 12.0. The summed E-state index contributed by atoms with van der Waals surface area (Å²) in [5.41, 5.74) is 7.84. The monoisotopic (exact) mass is 250 g/mol. The highest BCUT2D eigenvalue weighted by Crippen LogP contribution is 2.46. The second-order valence-electron chi connectivity index (χ2n) is 4.95. The molecule has 0 saturated heterocycles. The molecule has 0 unspecified atom stereocenters. The number of primary amides is 1. The molecule has 3 nitrogen and oxygen atoms in total. The lowest BCUT2D eigenvalue weighted by Gasteiger charge is -2.32. The first-order chi connectivity index (χ1) is 8.16. The van der Waals surface area contributed by atoms with E-state index in [9.17, 15) is 4.79 Å². The van der Waals surface area contributed by atoms with Crippen molar-refractivity contribution in [2.45, 2.75) is 31.2 Å². The number of amides is 1. The number of carbonyl (C=O) groups excluding carboxylic acids is 1. The first kappa shape index (κ1) is 10.9. The highest BCUT2D eigenvalue weighted by molar-refractivity contribution is 6.30. The molecule has 2 aliphatic rings. The van der Waals surface area contributed by atoms with Gasteiger partial charge in [0.05, 0.1) is 5.92 Å². The van der Waals surface area contributed by atoms with Crippen LogP contribution in [-0.4, -0.2) is 11.9 Å². The summed E-state index contributed by atoms with van der Waals surface area (Å²) in [6.07, 6.45) is 3.06. The SMILES string of the molecule is NC(=O)[C@@H]1CCC[C@@H]2c3cc(Cl)ccc3N[C@@H]21. The van der Waals surface area contributed by atoms with Crippen molar-refractivity contribution < 1.29 is 4.79 Å². The molecule has 1 aliphatic carbocycles. The molecule has 90 valence electrons. The minimum Gasteiger partial charge on any atom is -0.381 e. The van der Waals surface area contributed by atoms with Gasteiger partial charge in [0.2, 0.25) is 5.91 Å². The number of nitrogens with two attached hydrogens (primary N) is 1. The second-order valence-corrected chi connectivity index (χ2v) is 5.38. The molecule has 4 heteroatoms. The number of rotatable bonds is 1. The van der Waals surface area contributed by atoms with Crippen molar-refractivity contribution in [3.8, 4) is 0 Å². The maximum atomic E-state index is 11.5. The van der Waals surface area contributed by atoms with E-state index in [2.05, 4.69) is 5.32 Å². The summed E-state index contributed by atoms with van der Waals surface area (Å²) in [5, 5.41) is 4.19. The van der Waals surface area contributed by atoms with Gasteiger partial charge in [0.25, 0.3) is 0 Å². The summed E-state index contributed by atoms with van der Waals surface area (Å²) in [7, 11) is 0. The summed E-state index contributed by atoms with van der Waals surface area (Å²) < 4.78 is 0. The Morgan fingerprint density at radius 3 is 3.00 bits per heavy atom. The Hall–Kier alpha value is -1.22.